The lowest BCUT2D eigenvalue weighted by molar-refractivity contribution is -0.907. The van der Waals surface area contributed by atoms with Crippen molar-refractivity contribution in [2.24, 2.45) is 0 Å². The normalized spacial score (nSPS) is 19.8. The largest absolute Gasteiger partial charge is 0.872 e. The summed E-state index contributed by atoms with van der Waals surface area (Å²) in [5, 5.41) is 13.8. The molecule has 37 heavy (non-hydrogen) atoms. The Morgan fingerprint density at radius 1 is 1.08 bits per heavy atom. The molecule has 1 amide bonds. The van der Waals surface area contributed by atoms with Crippen LogP contribution in [0.5, 0.6) is 17.2 Å². The number of carbonyl (C=O) groups is 2. The van der Waals surface area contributed by atoms with Crippen molar-refractivity contribution in [3.8, 4) is 17.2 Å². The number of benzene rings is 2. The zero-order valence-corrected chi connectivity index (χ0v) is 21.8. The SMILES string of the molecule is CCOc1ccc(C2/C(=C(\[O-])c3ccc(OC)cc3C)C(=O)C(=O)N2CC[NH+]2CCOCC2)cc1OC. The van der Waals surface area contributed by atoms with Crippen LogP contribution in [0.2, 0.25) is 0 Å². The van der Waals surface area contributed by atoms with Gasteiger partial charge in [0.1, 0.15) is 18.8 Å². The molecule has 2 heterocycles. The number of morpholine rings is 1. The molecule has 2 aliphatic heterocycles. The van der Waals surface area contributed by atoms with E-state index in [9.17, 15) is 14.7 Å². The molecule has 0 spiro atoms. The van der Waals surface area contributed by atoms with Crippen molar-refractivity contribution in [3.63, 3.8) is 0 Å². The number of ketones is 1. The van der Waals surface area contributed by atoms with E-state index < -0.39 is 23.5 Å². The van der Waals surface area contributed by atoms with Crippen LogP contribution in [-0.2, 0) is 14.3 Å². The van der Waals surface area contributed by atoms with Crippen molar-refractivity contribution < 1.29 is 38.5 Å². The van der Waals surface area contributed by atoms with E-state index in [1.807, 2.05) is 6.92 Å². The number of rotatable bonds is 9. The lowest BCUT2D eigenvalue weighted by atomic mass is 9.93. The summed E-state index contributed by atoms with van der Waals surface area (Å²) in [6.07, 6.45) is 0. The molecule has 0 saturated carbocycles. The first-order valence-corrected chi connectivity index (χ1v) is 12.5. The van der Waals surface area contributed by atoms with Gasteiger partial charge in [0.25, 0.3) is 5.91 Å². The highest BCUT2D eigenvalue weighted by molar-refractivity contribution is 6.46. The highest BCUT2D eigenvalue weighted by atomic mass is 16.5. The number of aryl methyl sites for hydroxylation is 1. The number of Topliss-reactive ketones (excluding diaryl/α,β-unsaturated/α-hetero) is 1. The number of nitrogens with zero attached hydrogens (tertiary/aromatic N) is 1. The Balaban J connectivity index is 1.80. The summed E-state index contributed by atoms with van der Waals surface area (Å²) < 4.78 is 21.9. The van der Waals surface area contributed by atoms with Crippen molar-refractivity contribution in [1.29, 1.82) is 0 Å². The first-order valence-electron chi connectivity index (χ1n) is 12.5. The molecule has 9 heteroatoms. The van der Waals surface area contributed by atoms with Crippen molar-refractivity contribution in [2.75, 3.05) is 60.2 Å². The van der Waals surface area contributed by atoms with Crippen LogP contribution >= 0.6 is 0 Å². The summed E-state index contributed by atoms with van der Waals surface area (Å²) in [5.74, 6) is -0.270. The minimum atomic E-state index is -0.834. The number of carbonyl (C=O) groups excluding carboxylic acids is 2. The fourth-order valence-electron chi connectivity index (χ4n) is 4.93. The van der Waals surface area contributed by atoms with E-state index in [1.165, 1.54) is 16.9 Å². The number of quaternary nitrogens is 1. The minimum absolute atomic E-state index is 0.0542. The second-order valence-corrected chi connectivity index (χ2v) is 9.11. The van der Waals surface area contributed by atoms with Crippen LogP contribution in [-0.4, -0.2) is 76.8 Å². The molecular weight excluding hydrogens is 476 g/mol. The van der Waals surface area contributed by atoms with E-state index in [-0.39, 0.29) is 5.57 Å². The summed E-state index contributed by atoms with van der Waals surface area (Å²) in [5.41, 5.74) is 1.59. The van der Waals surface area contributed by atoms with Crippen LogP contribution < -0.4 is 24.2 Å². The molecule has 2 fully saturated rings. The molecule has 9 nitrogen and oxygen atoms in total. The van der Waals surface area contributed by atoms with Gasteiger partial charge in [-0.25, -0.2) is 0 Å². The summed E-state index contributed by atoms with van der Waals surface area (Å²) in [6.45, 7) is 8.08. The van der Waals surface area contributed by atoms with Gasteiger partial charge in [0.05, 0.1) is 53.2 Å². The fourth-order valence-corrected chi connectivity index (χ4v) is 4.93. The van der Waals surface area contributed by atoms with E-state index in [0.29, 0.717) is 66.8 Å². The topological polar surface area (TPSA) is 102 Å². The summed E-state index contributed by atoms with van der Waals surface area (Å²) in [4.78, 5) is 29.5. The van der Waals surface area contributed by atoms with Crippen LogP contribution in [0.4, 0.5) is 0 Å². The predicted octanol–water partition coefficient (Wildman–Crippen LogP) is 0.550. The molecule has 2 saturated heterocycles. The van der Waals surface area contributed by atoms with E-state index in [2.05, 4.69) is 0 Å². The number of methoxy groups -OCH3 is 2. The Labute approximate surface area is 217 Å². The average molecular weight is 511 g/mol. The Bertz CT molecular complexity index is 1190. The molecule has 1 N–H and O–H groups in total. The molecule has 4 rings (SSSR count). The van der Waals surface area contributed by atoms with E-state index in [4.69, 9.17) is 18.9 Å². The lowest BCUT2D eigenvalue weighted by Gasteiger charge is -2.30. The van der Waals surface area contributed by atoms with Crippen LogP contribution in [0.25, 0.3) is 5.76 Å². The minimum Gasteiger partial charge on any atom is -0.872 e. The van der Waals surface area contributed by atoms with Crippen molar-refractivity contribution in [2.45, 2.75) is 19.9 Å². The van der Waals surface area contributed by atoms with Crippen molar-refractivity contribution in [3.05, 3.63) is 58.7 Å². The number of amides is 1. The molecule has 2 aliphatic rings. The van der Waals surface area contributed by atoms with Gasteiger partial charge in [-0.2, -0.15) is 0 Å². The van der Waals surface area contributed by atoms with Gasteiger partial charge in [-0.3, -0.25) is 9.59 Å². The van der Waals surface area contributed by atoms with Crippen LogP contribution in [0.1, 0.15) is 29.7 Å². The molecule has 0 radical (unpaired) electrons. The van der Waals surface area contributed by atoms with E-state index in [0.717, 1.165) is 13.1 Å². The Morgan fingerprint density at radius 2 is 1.84 bits per heavy atom. The third-order valence-electron chi connectivity index (χ3n) is 6.92. The fraction of sp³-hybridized carbons (Fsp3) is 0.429. The Hall–Kier alpha value is -3.56. The number of nitrogens with one attached hydrogen (secondary N) is 1. The number of hydrogen-bond acceptors (Lipinski definition) is 7. The lowest BCUT2D eigenvalue weighted by Crippen LogP contribution is -3.14. The Kier molecular flexibility index (Phi) is 8.35. The van der Waals surface area contributed by atoms with Crippen LogP contribution in [0.15, 0.2) is 42.0 Å². The third-order valence-corrected chi connectivity index (χ3v) is 6.92. The second-order valence-electron chi connectivity index (χ2n) is 9.11. The molecule has 2 aromatic rings. The van der Waals surface area contributed by atoms with Crippen molar-refractivity contribution in [1.82, 2.24) is 4.90 Å². The van der Waals surface area contributed by atoms with Gasteiger partial charge >= 0.3 is 0 Å². The Morgan fingerprint density at radius 3 is 2.49 bits per heavy atom. The maximum Gasteiger partial charge on any atom is 0.295 e. The van der Waals surface area contributed by atoms with Gasteiger partial charge in [-0.1, -0.05) is 17.9 Å². The monoisotopic (exact) mass is 510 g/mol. The first-order chi connectivity index (χ1) is 17.9. The molecule has 2 aromatic carbocycles. The zero-order chi connectivity index (χ0) is 26.5. The molecule has 0 aliphatic carbocycles. The van der Waals surface area contributed by atoms with Gasteiger partial charge in [0, 0.05) is 5.57 Å². The van der Waals surface area contributed by atoms with Gasteiger partial charge < -0.3 is 33.9 Å². The van der Waals surface area contributed by atoms with Crippen molar-refractivity contribution >= 4 is 17.4 Å². The second kappa shape index (κ2) is 11.7. The third kappa shape index (κ3) is 5.42. The smallest absolute Gasteiger partial charge is 0.295 e. The quantitative estimate of drug-likeness (QED) is 0.299. The number of ether oxygens (including phenoxy) is 4. The van der Waals surface area contributed by atoms with E-state index in [1.54, 1.807) is 50.4 Å². The highest BCUT2D eigenvalue weighted by Gasteiger charge is 2.44. The molecular formula is C28H34N2O7. The maximum absolute atomic E-state index is 13.8. The van der Waals surface area contributed by atoms with Crippen LogP contribution in [0.3, 0.4) is 0 Å². The van der Waals surface area contributed by atoms with Crippen LogP contribution in [0, 0.1) is 6.92 Å². The number of hydrogen-bond donors (Lipinski definition) is 1. The summed E-state index contributed by atoms with van der Waals surface area (Å²) in [7, 11) is 3.08. The summed E-state index contributed by atoms with van der Waals surface area (Å²) in [6, 6.07) is 9.49. The predicted molar refractivity (Wildman–Crippen MR) is 135 cm³/mol. The molecule has 198 valence electrons. The molecule has 0 aromatic heterocycles. The standard InChI is InChI=1S/C28H34N2O7/c1-5-37-22-9-6-19(17-23(22)35-4)25-24(26(31)21-8-7-20(34-3)16-18(21)2)27(32)28(33)30(25)11-10-29-12-14-36-15-13-29/h6-9,16-17,25,31H,5,10-15H2,1-4H3/b26-24+. The van der Waals surface area contributed by atoms with E-state index >= 15 is 0 Å². The first kappa shape index (κ1) is 26.5. The van der Waals surface area contributed by atoms with Gasteiger partial charge in [-0.05, 0) is 54.8 Å². The van der Waals surface area contributed by atoms with Gasteiger partial charge in [-0.15, -0.1) is 0 Å². The van der Waals surface area contributed by atoms with Gasteiger partial charge in [0.15, 0.2) is 11.5 Å². The molecule has 1 atom stereocenters. The highest BCUT2D eigenvalue weighted by Crippen LogP contribution is 2.41. The zero-order valence-electron chi connectivity index (χ0n) is 21.8. The number of likely N-dealkylation sites (tertiary alicyclic amines) is 1. The molecule has 0 bridgehead atoms. The summed E-state index contributed by atoms with van der Waals surface area (Å²) >= 11 is 0. The average Bonchev–Trinajstić information content (AvgIpc) is 3.17. The van der Waals surface area contributed by atoms with Gasteiger partial charge in [0.2, 0.25) is 5.78 Å². The molecule has 1 unspecified atom stereocenters. The maximum atomic E-state index is 13.8.